The monoisotopic (exact) mass is 693 g/mol. The molecular formula is C37H39N7O5S. The summed E-state index contributed by atoms with van der Waals surface area (Å²) in [6.45, 7) is 0.328. The van der Waals surface area contributed by atoms with Crippen molar-refractivity contribution in [2.75, 3.05) is 16.8 Å². The smallest absolute Gasteiger partial charge is 0.224 e. The topological polar surface area (TPSA) is 167 Å². The Morgan fingerprint density at radius 1 is 0.860 bits per heavy atom. The van der Waals surface area contributed by atoms with Crippen molar-refractivity contribution < 1.29 is 24.2 Å². The highest BCUT2D eigenvalue weighted by Gasteiger charge is 2.32. The summed E-state index contributed by atoms with van der Waals surface area (Å²) in [6.07, 6.45) is 0.468. The number of nitrogens with zero attached hydrogens (tertiary/aromatic N) is 4. The van der Waals surface area contributed by atoms with Crippen molar-refractivity contribution in [1.82, 2.24) is 25.5 Å². The lowest BCUT2D eigenvalue weighted by atomic mass is 10.0. The normalized spacial score (nSPS) is 17.3. The van der Waals surface area contributed by atoms with Crippen LogP contribution >= 0.6 is 11.8 Å². The number of carbonyl (C=O) groups is 2. The number of hydrogen-bond donors (Lipinski definition) is 4. The van der Waals surface area contributed by atoms with Crippen molar-refractivity contribution in [3.63, 3.8) is 0 Å². The molecule has 0 saturated carbocycles. The van der Waals surface area contributed by atoms with E-state index < -0.39 is 6.29 Å². The highest BCUT2D eigenvalue weighted by molar-refractivity contribution is 7.99. The fourth-order valence-electron chi connectivity index (χ4n) is 5.51. The number of aliphatic hydroxyl groups is 1. The number of ether oxygens (including phenoxy) is 2. The summed E-state index contributed by atoms with van der Waals surface area (Å²) in [4.78, 5) is 24.7. The lowest BCUT2D eigenvalue weighted by Crippen LogP contribution is -2.31. The van der Waals surface area contributed by atoms with Crippen molar-refractivity contribution >= 4 is 35.0 Å². The van der Waals surface area contributed by atoms with Crippen LogP contribution in [0.3, 0.4) is 0 Å². The van der Waals surface area contributed by atoms with Gasteiger partial charge in [-0.15, -0.1) is 5.10 Å². The highest BCUT2D eigenvalue weighted by Crippen LogP contribution is 2.39. The van der Waals surface area contributed by atoms with Gasteiger partial charge in [-0.25, -0.2) is 0 Å². The second-order valence-electron chi connectivity index (χ2n) is 11.9. The van der Waals surface area contributed by atoms with Gasteiger partial charge in [0.15, 0.2) is 6.29 Å². The standard InChI is InChI=1S/C37H39N7O5S/c38-31-9-4-5-10-32(31)40-35(47)12-6-11-34(46)39-22-25-13-19-28(20-14-25)36-48-30(21-33(49-36)27-17-15-26(23-45)16-18-27)24-50-37-41-42-43-44(37)29-7-2-1-3-8-29/h1-5,7-10,13-20,30,33,36,45H,6,11-12,21-24,38H2,(H,39,46)(H,40,47)/t30-,33+,36+/m1/s1. The van der Waals surface area contributed by atoms with Crippen LogP contribution in [-0.2, 0) is 32.2 Å². The maximum absolute atomic E-state index is 12.5. The summed E-state index contributed by atoms with van der Waals surface area (Å²) in [5.74, 6) is 0.287. The predicted molar refractivity (Wildman–Crippen MR) is 190 cm³/mol. The molecule has 0 radical (unpaired) electrons. The summed E-state index contributed by atoms with van der Waals surface area (Å²) in [5.41, 5.74) is 11.4. The summed E-state index contributed by atoms with van der Waals surface area (Å²) >= 11 is 1.52. The van der Waals surface area contributed by atoms with E-state index in [0.29, 0.717) is 41.7 Å². The van der Waals surface area contributed by atoms with Crippen LogP contribution in [0.25, 0.3) is 5.69 Å². The number of carbonyl (C=O) groups excluding carboxylic acids is 2. The summed E-state index contributed by atoms with van der Waals surface area (Å²) in [6, 6.07) is 32.3. The van der Waals surface area contributed by atoms with E-state index in [1.54, 1.807) is 28.9 Å². The van der Waals surface area contributed by atoms with Crippen molar-refractivity contribution in [2.24, 2.45) is 0 Å². The number of anilines is 2. The van der Waals surface area contributed by atoms with Gasteiger partial charge in [0.05, 0.1) is 35.9 Å². The molecule has 0 aliphatic carbocycles. The van der Waals surface area contributed by atoms with Crippen LogP contribution in [0.15, 0.2) is 108 Å². The van der Waals surface area contributed by atoms with E-state index >= 15 is 0 Å². The molecule has 1 saturated heterocycles. The van der Waals surface area contributed by atoms with Gasteiger partial charge in [0.25, 0.3) is 0 Å². The molecule has 0 unspecified atom stereocenters. The fourth-order valence-corrected chi connectivity index (χ4v) is 6.41. The molecule has 2 heterocycles. The summed E-state index contributed by atoms with van der Waals surface area (Å²) < 4.78 is 14.7. The van der Waals surface area contributed by atoms with Crippen LogP contribution in [0.4, 0.5) is 11.4 Å². The quantitative estimate of drug-likeness (QED) is 0.0862. The highest BCUT2D eigenvalue weighted by atomic mass is 32.2. The van der Waals surface area contributed by atoms with Crippen molar-refractivity contribution in [2.45, 2.75) is 62.5 Å². The number of tetrazole rings is 1. The Hall–Kier alpha value is -5.08. The first kappa shape index (κ1) is 34.8. The molecule has 1 fully saturated rings. The maximum atomic E-state index is 12.5. The molecule has 50 heavy (non-hydrogen) atoms. The van der Waals surface area contributed by atoms with Crippen molar-refractivity contribution in [3.05, 3.63) is 125 Å². The Bertz CT molecular complexity index is 1850. The molecule has 258 valence electrons. The zero-order chi connectivity index (χ0) is 34.7. The van der Waals surface area contributed by atoms with Gasteiger partial charge in [0.1, 0.15) is 0 Å². The molecular weight excluding hydrogens is 655 g/mol. The first-order chi connectivity index (χ1) is 24.4. The molecule has 5 N–H and O–H groups in total. The molecule has 5 aromatic rings. The molecule has 13 heteroatoms. The van der Waals surface area contributed by atoms with Crippen LogP contribution in [0.1, 0.15) is 60.3 Å². The second kappa shape index (κ2) is 17.0. The molecule has 1 aliphatic rings. The first-order valence-electron chi connectivity index (χ1n) is 16.4. The Morgan fingerprint density at radius 3 is 2.32 bits per heavy atom. The van der Waals surface area contributed by atoms with E-state index in [9.17, 15) is 14.7 Å². The fraction of sp³-hybridized carbons (Fsp3) is 0.270. The van der Waals surface area contributed by atoms with Gasteiger partial charge in [0.2, 0.25) is 17.0 Å². The van der Waals surface area contributed by atoms with E-state index in [0.717, 1.165) is 27.9 Å². The number of aromatic nitrogens is 4. The number of nitrogen functional groups attached to an aromatic ring is 1. The van der Waals surface area contributed by atoms with Crippen LogP contribution < -0.4 is 16.4 Å². The average Bonchev–Trinajstić information content (AvgIpc) is 3.63. The van der Waals surface area contributed by atoms with E-state index in [4.69, 9.17) is 15.2 Å². The molecule has 6 rings (SSSR count). The molecule has 3 atom stereocenters. The molecule has 0 spiro atoms. The van der Waals surface area contributed by atoms with Gasteiger partial charge in [0, 0.05) is 37.1 Å². The Morgan fingerprint density at radius 2 is 1.56 bits per heavy atom. The number of nitrogens with two attached hydrogens (primary N) is 1. The number of rotatable bonds is 14. The van der Waals surface area contributed by atoms with Gasteiger partial charge >= 0.3 is 0 Å². The predicted octanol–water partition coefficient (Wildman–Crippen LogP) is 5.50. The van der Waals surface area contributed by atoms with E-state index in [2.05, 4.69) is 26.2 Å². The third-order valence-electron chi connectivity index (χ3n) is 8.24. The van der Waals surface area contributed by atoms with Gasteiger partial charge in [-0.05, 0) is 57.8 Å². The van der Waals surface area contributed by atoms with Crippen LogP contribution in [0.5, 0.6) is 0 Å². The SMILES string of the molecule is Nc1ccccc1NC(=O)CCCC(=O)NCc1ccc([C@H]2O[C@@H](CSc3nnnn3-c3ccccc3)C[C@@H](c3ccc(CO)cc3)O2)cc1. The number of hydrogen-bond acceptors (Lipinski definition) is 10. The van der Waals surface area contributed by atoms with Crippen LogP contribution in [0.2, 0.25) is 0 Å². The number of benzene rings is 4. The minimum Gasteiger partial charge on any atom is -0.397 e. The van der Waals surface area contributed by atoms with Crippen LogP contribution in [0, 0.1) is 0 Å². The number of amides is 2. The Balaban J connectivity index is 1.04. The minimum atomic E-state index is -0.622. The number of thioether (sulfide) groups is 1. The Kier molecular flexibility index (Phi) is 11.8. The van der Waals surface area contributed by atoms with E-state index in [1.165, 1.54) is 11.8 Å². The Labute approximate surface area is 294 Å². The molecule has 1 aliphatic heterocycles. The molecule has 1 aromatic heterocycles. The zero-order valence-corrected chi connectivity index (χ0v) is 28.2. The van der Waals surface area contributed by atoms with Crippen LogP contribution in [-0.4, -0.2) is 49.0 Å². The molecule has 4 aromatic carbocycles. The number of para-hydroxylation sites is 3. The van der Waals surface area contributed by atoms with Gasteiger partial charge in [-0.2, -0.15) is 4.68 Å². The third-order valence-corrected chi connectivity index (χ3v) is 9.29. The average molecular weight is 694 g/mol. The third kappa shape index (κ3) is 9.33. The minimum absolute atomic E-state index is 0.0262. The van der Waals surface area contributed by atoms with E-state index in [-0.39, 0.29) is 43.5 Å². The lowest BCUT2D eigenvalue weighted by molar-refractivity contribution is -0.245. The van der Waals surface area contributed by atoms with Crippen molar-refractivity contribution in [3.8, 4) is 5.69 Å². The van der Waals surface area contributed by atoms with Gasteiger partial charge < -0.3 is 30.9 Å². The number of nitrogens with one attached hydrogen (secondary N) is 2. The largest absolute Gasteiger partial charge is 0.397 e. The van der Waals surface area contributed by atoms with Gasteiger partial charge in [-0.3, -0.25) is 9.59 Å². The summed E-state index contributed by atoms with van der Waals surface area (Å²) in [7, 11) is 0. The molecule has 2 amide bonds. The second-order valence-corrected chi connectivity index (χ2v) is 12.9. The van der Waals surface area contributed by atoms with Gasteiger partial charge in [-0.1, -0.05) is 90.6 Å². The molecule has 0 bridgehead atoms. The number of aliphatic hydroxyl groups excluding tert-OH is 1. The van der Waals surface area contributed by atoms with Crippen molar-refractivity contribution in [1.29, 1.82) is 0 Å². The lowest BCUT2D eigenvalue weighted by Gasteiger charge is -2.36. The zero-order valence-electron chi connectivity index (χ0n) is 27.4. The first-order valence-corrected chi connectivity index (χ1v) is 17.4. The maximum Gasteiger partial charge on any atom is 0.224 e. The van der Waals surface area contributed by atoms with E-state index in [1.807, 2.05) is 78.9 Å². The molecule has 12 nitrogen and oxygen atoms in total. The summed E-state index contributed by atoms with van der Waals surface area (Å²) in [5, 5.41) is 28.2.